The first-order chi connectivity index (χ1) is 40.8. The lowest BCUT2D eigenvalue weighted by atomic mass is 9.77. The van der Waals surface area contributed by atoms with Crippen LogP contribution in [0, 0.1) is 0 Å². The Labute approximate surface area is 513 Å². The zero-order valence-electron chi connectivity index (χ0n) is 53.1. The number of para-hydroxylation sites is 2. The Morgan fingerprint density at radius 3 is 1.60 bits per heavy atom. The van der Waals surface area contributed by atoms with E-state index in [-0.39, 0.29) is 27.1 Å². The van der Waals surface area contributed by atoms with Crippen molar-refractivity contribution in [2.24, 2.45) is 0 Å². The molecule has 13 rings (SSSR count). The van der Waals surface area contributed by atoms with E-state index >= 15 is 0 Å². The standard InChI is InChI=1S/C80H82N4OSi/c1-76(2,3)54-27-23-26-52(42-54)65-46-58(80(13,14)15)47-66(53-43-56(78(7,8)9)45-57(44-53)79(10,11)12)74(65)83-51-82(67-34-20-21-35-68(67)83)59-28-24-29-60(49-59)85-61-38-39-72-70(50-61)84(73-48-55(40-41-81-73)77(4,5)6)69-36-25-33-64-63-32-19-22-37-71(63)86(72,75(64)69)62-30-17-16-18-31-62/h16-50H,51H2,1-15H3. The monoisotopic (exact) mass is 1140 g/mol. The summed E-state index contributed by atoms with van der Waals surface area (Å²) in [7, 11) is -2.87. The predicted octanol–water partition coefficient (Wildman–Crippen LogP) is 19.1. The fourth-order valence-electron chi connectivity index (χ4n) is 13.5. The molecule has 5 nitrogen and oxygen atoms in total. The largest absolute Gasteiger partial charge is 0.457 e. The van der Waals surface area contributed by atoms with Crippen LogP contribution >= 0.6 is 0 Å². The summed E-state index contributed by atoms with van der Waals surface area (Å²) in [4.78, 5) is 12.7. The summed E-state index contributed by atoms with van der Waals surface area (Å²) in [5.41, 5.74) is 20.5. The van der Waals surface area contributed by atoms with Gasteiger partial charge in [0.15, 0.2) is 8.07 Å². The topological polar surface area (TPSA) is 31.8 Å². The van der Waals surface area contributed by atoms with Gasteiger partial charge in [-0.15, -0.1) is 0 Å². The molecule has 3 aliphatic rings. The first-order valence-electron chi connectivity index (χ1n) is 30.9. The Hall–Kier alpha value is -8.45. The maximum Gasteiger partial charge on any atom is 0.185 e. The Kier molecular flexibility index (Phi) is 13.4. The third kappa shape index (κ3) is 9.65. The molecule has 1 atom stereocenters. The third-order valence-corrected chi connectivity index (χ3v) is 23.3. The number of hydrogen-bond donors (Lipinski definition) is 0. The summed E-state index contributed by atoms with van der Waals surface area (Å²) in [5.74, 6) is 2.43. The number of benzene rings is 9. The highest BCUT2D eigenvalue weighted by Gasteiger charge is 2.55. The Balaban J connectivity index is 0.959. The molecule has 0 fully saturated rings. The van der Waals surface area contributed by atoms with Crippen LogP contribution in [0.2, 0.25) is 0 Å². The van der Waals surface area contributed by atoms with Gasteiger partial charge in [0.05, 0.1) is 22.7 Å². The van der Waals surface area contributed by atoms with Gasteiger partial charge >= 0.3 is 0 Å². The van der Waals surface area contributed by atoms with Gasteiger partial charge in [-0.05, 0) is 159 Å². The van der Waals surface area contributed by atoms with Crippen LogP contribution in [0.25, 0.3) is 33.4 Å². The number of hydrogen-bond acceptors (Lipinski definition) is 5. The van der Waals surface area contributed by atoms with Crippen molar-refractivity contribution in [3.8, 4) is 44.9 Å². The summed E-state index contributed by atoms with van der Waals surface area (Å²) < 4.78 is 7.23. The molecule has 4 heterocycles. The van der Waals surface area contributed by atoms with E-state index in [0.29, 0.717) is 6.67 Å². The summed E-state index contributed by atoms with van der Waals surface area (Å²) >= 11 is 0. The molecule has 0 saturated heterocycles. The molecule has 3 aliphatic heterocycles. The number of pyridine rings is 1. The first-order valence-corrected chi connectivity index (χ1v) is 32.9. The lowest BCUT2D eigenvalue weighted by Gasteiger charge is -2.43. The average Bonchev–Trinajstić information content (AvgIpc) is 1.45. The molecule has 0 spiro atoms. The second-order valence-corrected chi connectivity index (χ2v) is 33.1. The molecule has 0 amide bonds. The number of aromatic nitrogens is 1. The molecule has 0 N–H and O–H groups in total. The van der Waals surface area contributed by atoms with Crippen molar-refractivity contribution in [2.75, 3.05) is 21.4 Å². The molecule has 9 aromatic carbocycles. The van der Waals surface area contributed by atoms with Gasteiger partial charge in [0.25, 0.3) is 0 Å². The molecule has 0 bridgehead atoms. The van der Waals surface area contributed by atoms with Gasteiger partial charge in [-0.3, -0.25) is 4.90 Å². The van der Waals surface area contributed by atoms with Gasteiger partial charge in [-0.1, -0.05) is 237 Å². The number of fused-ring (bicyclic) bond motifs is 6. The summed E-state index contributed by atoms with van der Waals surface area (Å²) in [6, 6.07) is 78.0. The summed E-state index contributed by atoms with van der Waals surface area (Å²) in [5, 5.41) is 5.53. The van der Waals surface area contributed by atoms with Gasteiger partial charge in [0.2, 0.25) is 0 Å². The van der Waals surface area contributed by atoms with Crippen molar-refractivity contribution in [1.29, 1.82) is 0 Å². The molecule has 10 aromatic rings. The highest BCUT2D eigenvalue weighted by Crippen LogP contribution is 2.53. The van der Waals surface area contributed by atoms with Crippen molar-refractivity contribution in [3.05, 3.63) is 240 Å². The van der Waals surface area contributed by atoms with Crippen molar-refractivity contribution < 1.29 is 4.74 Å². The zero-order chi connectivity index (χ0) is 60.5. The van der Waals surface area contributed by atoms with E-state index in [2.05, 4.69) is 325 Å². The number of anilines is 7. The SMILES string of the molecule is CC(C)(C)c1cccc(-c2cc(C(C)(C)C)cc(-c3cc(C(C)(C)C)cc(C(C)(C)C)c3)c2N2CN(c3cccc(Oc4ccc5c(c4)N(c4cc(C(C)(C)C)ccn4)c4cccc6c4[Si]5(c4ccccc4)c4ccccc4-6)c3)c3ccccc32)c1. The maximum atomic E-state index is 7.23. The van der Waals surface area contributed by atoms with E-state index in [1.165, 1.54) is 93.3 Å². The summed E-state index contributed by atoms with van der Waals surface area (Å²) in [6.07, 6.45) is 1.98. The highest BCUT2D eigenvalue weighted by molar-refractivity contribution is 7.23. The van der Waals surface area contributed by atoms with Gasteiger partial charge in [0.1, 0.15) is 24.0 Å². The number of rotatable bonds is 8. The lowest BCUT2D eigenvalue weighted by Crippen LogP contribution is -2.75. The van der Waals surface area contributed by atoms with E-state index in [4.69, 9.17) is 9.72 Å². The molecular weight excluding hydrogens is 1060 g/mol. The smallest absolute Gasteiger partial charge is 0.185 e. The molecule has 1 aromatic heterocycles. The van der Waals surface area contributed by atoms with Crippen LogP contribution in [-0.4, -0.2) is 19.7 Å². The quantitative estimate of drug-likeness (QED) is 0.142. The van der Waals surface area contributed by atoms with Crippen LogP contribution in [0.15, 0.2) is 212 Å². The molecule has 0 radical (unpaired) electrons. The van der Waals surface area contributed by atoms with E-state index in [9.17, 15) is 0 Å². The Morgan fingerprint density at radius 2 is 0.919 bits per heavy atom. The van der Waals surface area contributed by atoms with Gasteiger partial charge in [-0.2, -0.15) is 0 Å². The minimum atomic E-state index is -2.87. The average molecular weight is 1140 g/mol. The van der Waals surface area contributed by atoms with Gasteiger partial charge < -0.3 is 14.5 Å². The van der Waals surface area contributed by atoms with E-state index in [0.717, 1.165) is 40.1 Å². The van der Waals surface area contributed by atoms with Crippen LogP contribution in [-0.2, 0) is 27.1 Å². The molecule has 6 heteroatoms. The summed E-state index contributed by atoms with van der Waals surface area (Å²) in [6.45, 7) is 35.5. The van der Waals surface area contributed by atoms with Crippen molar-refractivity contribution in [1.82, 2.24) is 4.98 Å². The number of nitrogens with zero attached hydrogens (tertiary/aromatic N) is 4. The minimum absolute atomic E-state index is 0.0368. The van der Waals surface area contributed by atoms with Crippen LogP contribution in [0.3, 0.4) is 0 Å². The molecule has 0 aliphatic carbocycles. The number of ether oxygens (including phenoxy) is 1. The van der Waals surface area contributed by atoms with Crippen molar-refractivity contribution >= 4 is 68.8 Å². The van der Waals surface area contributed by atoms with Crippen molar-refractivity contribution in [2.45, 2.75) is 131 Å². The van der Waals surface area contributed by atoms with Crippen LogP contribution in [0.1, 0.15) is 132 Å². The van der Waals surface area contributed by atoms with Crippen molar-refractivity contribution in [3.63, 3.8) is 0 Å². The normalized spacial score (nSPS) is 15.5. The lowest BCUT2D eigenvalue weighted by molar-refractivity contribution is 0.483. The van der Waals surface area contributed by atoms with Crippen LogP contribution in [0.4, 0.5) is 39.9 Å². The van der Waals surface area contributed by atoms with E-state index < -0.39 is 8.07 Å². The van der Waals surface area contributed by atoms with E-state index in [1.54, 1.807) is 0 Å². The molecule has 1 unspecified atom stereocenters. The molecule has 432 valence electrons. The van der Waals surface area contributed by atoms with Gasteiger partial charge in [-0.25, -0.2) is 4.98 Å². The molecule has 0 saturated carbocycles. The van der Waals surface area contributed by atoms with Crippen LogP contribution in [0.5, 0.6) is 11.5 Å². The Morgan fingerprint density at radius 1 is 0.372 bits per heavy atom. The minimum Gasteiger partial charge on any atom is -0.457 e. The zero-order valence-corrected chi connectivity index (χ0v) is 54.1. The second kappa shape index (κ2) is 20.3. The third-order valence-electron chi connectivity index (χ3n) is 18.3. The fraction of sp³-hybridized carbons (Fsp3) is 0.263. The maximum absolute atomic E-state index is 7.23. The van der Waals surface area contributed by atoms with E-state index in [1.807, 2.05) is 6.20 Å². The first kappa shape index (κ1) is 56.7. The Bertz CT molecular complexity index is 4260. The highest BCUT2D eigenvalue weighted by atomic mass is 28.3. The molecular formula is C80H82N4OSi. The predicted molar refractivity (Wildman–Crippen MR) is 368 cm³/mol. The molecule has 86 heavy (non-hydrogen) atoms. The van der Waals surface area contributed by atoms with Crippen LogP contribution < -0.4 is 40.2 Å². The second-order valence-electron chi connectivity index (χ2n) is 29.4. The van der Waals surface area contributed by atoms with Gasteiger partial charge in [0, 0.05) is 40.8 Å². The fourth-order valence-corrected chi connectivity index (χ4v) is 19.0.